The smallest absolute Gasteiger partial charge is 0.287 e. The summed E-state index contributed by atoms with van der Waals surface area (Å²) in [5, 5.41) is 10.8. The number of aromatic nitrogens is 1. The summed E-state index contributed by atoms with van der Waals surface area (Å²) in [7, 11) is 0. The highest BCUT2D eigenvalue weighted by Crippen LogP contribution is 2.52. The molecule has 10 nitrogen and oxygen atoms in total. The van der Waals surface area contributed by atoms with Gasteiger partial charge in [-0.2, -0.15) is 0 Å². The van der Waals surface area contributed by atoms with Crippen LogP contribution in [0.3, 0.4) is 0 Å². The molecular formula is C20H21N5O5. The van der Waals surface area contributed by atoms with Crippen molar-refractivity contribution in [1.29, 1.82) is 0 Å². The van der Waals surface area contributed by atoms with Gasteiger partial charge >= 0.3 is 0 Å². The van der Waals surface area contributed by atoms with E-state index in [-0.39, 0.29) is 53.6 Å². The van der Waals surface area contributed by atoms with Gasteiger partial charge in [-0.3, -0.25) is 29.4 Å². The monoisotopic (exact) mass is 411 g/mol. The molecule has 1 aromatic heterocycles. The highest BCUT2D eigenvalue weighted by atomic mass is 16.6. The molecule has 0 spiro atoms. The maximum Gasteiger partial charge on any atom is 0.287 e. The van der Waals surface area contributed by atoms with Crippen molar-refractivity contribution >= 4 is 29.2 Å². The number of likely N-dealkylation sites (tertiary alicyclic amines) is 1. The van der Waals surface area contributed by atoms with E-state index in [1.165, 1.54) is 12.3 Å². The Morgan fingerprint density at radius 3 is 2.23 bits per heavy atom. The van der Waals surface area contributed by atoms with Crippen LogP contribution in [0.1, 0.15) is 6.42 Å². The van der Waals surface area contributed by atoms with Gasteiger partial charge in [-0.25, -0.2) is 4.98 Å². The number of allylic oxidation sites excluding steroid dienone is 2. The number of carbonyl (C=O) groups excluding carboxylic acids is 3. The zero-order chi connectivity index (χ0) is 21.0. The Hall–Kier alpha value is -3.30. The Morgan fingerprint density at radius 1 is 1.07 bits per heavy atom. The molecule has 156 valence electrons. The van der Waals surface area contributed by atoms with E-state index in [2.05, 4.69) is 4.98 Å². The standard InChI is InChI=1S/C20H21N5O5/c26-16(11-24-19(27)17-12-1-2-13(9-12)18(17)20(24)28)23-7-5-22(6-8-23)15-4-3-14(10-21-15)25(29)30/h1-4,10,12-13,17-18H,5-9,11H2. The van der Waals surface area contributed by atoms with E-state index in [9.17, 15) is 24.5 Å². The summed E-state index contributed by atoms with van der Waals surface area (Å²) in [6, 6.07) is 3.00. The normalized spacial score (nSPS) is 29.7. The predicted octanol–water partition coefficient (Wildman–Crippen LogP) is 0.446. The average molecular weight is 411 g/mol. The number of piperazine rings is 1. The molecule has 2 aliphatic carbocycles. The van der Waals surface area contributed by atoms with Crippen LogP contribution in [0.2, 0.25) is 0 Å². The number of imide groups is 1. The molecule has 0 aromatic carbocycles. The molecule has 3 fully saturated rings. The van der Waals surface area contributed by atoms with Crippen molar-refractivity contribution in [2.24, 2.45) is 23.7 Å². The van der Waals surface area contributed by atoms with Gasteiger partial charge in [0.05, 0.1) is 16.8 Å². The summed E-state index contributed by atoms with van der Waals surface area (Å²) in [5.74, 6) is -0.325. The van der Waals surface area contributed by atoms with Crippen LogP contribution in [0.25, 0.3) is 0 Å². The lowest BCUT2D eigenvalue weighted by molar-refractivity contribution is -0.385. The molecule has 1 saturated carbocycles. The second kappa shape index (κ2) is 6.89. The van der Waals surface area contributed by atoms with E-state index in [1.807, 2.05) is 17.1 Å². The second-order valence-corrected chi connectivity index (χ2v) is 8.26. The third kappa shape index (κ3) is 2.86. The summed E-state index contributed by atoms with van der Waals surface area (Å²) in [6.07, 6.45) is 6.16. The first kappa shape index (κ1) is 18.7. The summed E-state index contributed by atoms with van der Waals surface area (Å²) >= 11 is 0. The Labute approximate surface area is 172 Å². The molecule has 4 atom stereocenters. The number of anilines is 1. The first-order chi connectivity index (χ1) is 14.4. The molecule has 3 heterocycles. The largest absolute Gasteiger partial charge is 0.353 e. The van der Waals surface area contributed by atoms with Crippen LogP contribution in [0, 0.1) is 33.8 Å². The van der Waals surface area contributed by atoms with Crippen LogP contribution in [0.4, 0.5) is 11.5 Å². The Morgan fingerprint density at radius 2 is 1.70 bits per heavy atom. The SMILES string of the molecule is O=C(CN1C(=O)C2C3C=CC(C3)C2C1=O)N1CCN(c2ccc([N+](=O)[O-])cn2)CC1. The number of nitro groups is 1. The number of nitrogens with zero attached hydrogens (tertiary/aromatic N) is 5. The van der Waals surface area contributed by atoms with Crippen molar-refractivity contribution < 1.29 is 19.3 Å². The van der Waals surface area contributed by atoms with Gasteiger partial charge < -0.3 is 9.80 Å². The predicted molar refractivity (Wildman–Crippen MR) is 104 cm³/mol. The van der Waals surface area contributed by atoms with Crippen molar-refractivity contribution in [1.82, 2.24) is 14.8 Å². The maximum absolute atomic E-state index is 12.8. The van der Waals surface area contributed by atoms with Gasteiger partial charge in [0.1, 0.15) is 18.6 Å². The first-order valence-electron chi connectivity index (χ1n) is 10.1. The van der Waals surface area contributed by atoms with Crippen LogP contribution in [-0.4, -0.2) is 70.2 Å². The van der Waals surface area contributed by atoms with Crippen molar-refractivity contribution in [2.75, 3.05) is 37.6 Å². The van der Waals surface area contributed by atoms with Gasteiger partial charge in [0.25, 0.3) is 5.69 Å². The third-order valence-corrected chi connectivity index (χ3v) is 6.75. The van der Waals surface area contributed by atoms with E-state index >= 15 is 0 Å². The minimum absolute atomic E-state index is 0.0686. The van der Waals surface area contributed by atoms with E-state index in [0.29, 0.717) is 32.0 Å². The van der Waals surface area contributed by atoms with Gasteiger partial charge in [-0.05, 0) is 24.3 Å². The first-order valence-corrected chi connectivity index (χ1v) is 10.1. The van der Waals surface area contributed by atoms with E-state index < -0.39 is 4.92 Å². The lowest BCUT2D eigenvalue weighted by Gasteiger charge is -2.36. The number of pyridine rings is 1. The number of amides is 3. The van der Waals surface area contributed by atoms with Gasteiger partial charge in [0.2, 0.25) is 17.7 Å². The topological polar surface area (TPSA) is 117 Å². The van der Waals surface area contributed by atoms with Gasteiger partial charge in [0, 0.05) is 32.2 Å². The van der Waals surface area contributed by atoms with Crippen molar-refractivity contribution in [3.8, 4) is 0 Å². The van der Waals surface area contributed by atoms with Crippen molar-refractivity contribution in [3.63, 3.8) is 0 Å². The lowest BCUT2D eigenvalue weighted by atomic mass is 9.85. The molecule has 4 aliphatic rings. The molecule has 4 unspecified atom stereocenters. The van der Waals surface area contributed by atoms with Crippen LogP contribution in [0.5, 0.6) is 0 Å². The van der Waals surface area contributed by atoms with E-state index in [0.717, 1.165) is 11.3 Å². The fourth-order valence-corrected chi connectivity index (χ4v) is 5.21. The number of hydrogen-bond donors (Lipinski definition) is 0. The highest BCUT2D eigenvalue weighted by Gasteiger charge is 2.59. The van der Waals surface area contributed by atoms with Crippen LogP contribution >= 0.6 is 0 Å². The average Bonchev–Trinajstić information content (AvgIpc) is 3.44. The summed E-state index contributed by atoms with van der Waals surface area (Å²) in [5.41, 5.74) is -0.0686. The number of fused-ring (bicyclic) bond motifs is 5. The minimum atomic E-state index is -0.496. The fourth-order valence-electron chi connectivity index (χ4n) is 5.21. The van der Waals surface area contributed by atoms with Gasteiger partial charge in [-0.1, -0.05) is 12.2 Å². The Kier molecular flexibility index (Phi) is 4.30. The molecule has 3 amide bonds. The number of hydrogen-bond acceptors (Lipinski definition) is 7. The van der Waals surface area contributed by atoms with Crippen LogP contribution in [-0.2, 0) is 14.4 Å². The van der Waals surface area contributed by atoms with Crippen LogP contribution < -0.4 is 4.90 Å². The molecule has 30 heavy (non-hydrogen) atoms. The van der Waals surface area contributed by atoms with E-state index in [1.54, 1.807) is 11.0 Å². The fraction of sp³-hybridized carbons (Fsp3) is 0.500. The van der Waals surface area contributed by atoms with Crippen molar-refractivity contribution in [3.05, 3.63) is 40.6 Å². The zero-order valence-corrected chi connectivity index (χ0v) is 16.2. The minimum Gasteiger partial charge on any atom is -0.353 e. The van der Waals surface area contributed by atoms with Crippen LogP contribution in [0.15, 0.2) is 30.5 Å². The molecule has 1 aromatic rings. The summed E-state index contributed by atoms with van der Waals surface area (Å²) in [4.78, 5) is 57.4. The molecule has 2 bridgehead atoms. The Bertz CT molecular complexity index is 923. The summed E-state index contributed by atoms with van der Waals surface area (Å²) in [6.45, 7) is 1.73. The number of rotatable bonds is 4. The number of carbonyl (C=O) groups is 3. The second-order valence-electron chi connectivity index (χ2n) is 8.26. The molecule has 0 N–H and O–H groups in total. The van der Waals surface area contributed by atoms with E-state index in [4.69, 9.17) is 0 Å². The molecule has 2 aliphatic heterocycles. The molecule has 10 heteroatoms. The van der Waals surface area contributed by atoms with Gasteiger partial charge in [-0.15, -0.1) is 0 Å². The molecule has 5 rings (SSSR count). The zero-order valence-electron chi connectivity index (χ0n) is 16.2. The third-order valence-electron chi connectivity index (χ3n) is 6.75. The summed E-state index contributed by atoms with van der Waals surface area (Å²) < 4.78 is 0. The highest BCUT2D eigenvalue weighted by molar-refractivity contribution is 6.08. The molecular weight excluding hydrogens is 390 g/mol. The quantitative estimate of drug-likeness (QED) is 0.305. The lowest BCUT2D eigenvalue weighted by Crippen LogP contribution is -2.52. The van der Waals surface area contributed by atoms with Gasteiger partial charge in [0.15, 0.2) is 0 Å². The van der Waals surface area contributed by atoms with Crippen molar-refractivity contribution in [2.45, 2.75) is 6.42 Å². The Balaban J connectivity index is 1.18. The molecule has 2 saturated heterocycles. The molecule has 0 radical (unpaired) electrons. The maximum atomic E-state index is 12.8.